The van der Waals surface area contributed by atoms with Gasteiger partial charge in [0, 0.05) is 44.8 Å². The molecule has 0 amide bonds. The molecule has 4 heteroatoms. The van der Waals surface area contributed by atoms with Crippen molar-refractivity contribution in [2.75, 3.05) is 0 Å². The summed E-state index contributed by atoms with van der Waals surface area (Å²) < 4.78 is 0. The van der Waals surface area contributed by atoms with Crippen molar-refractivity contribution in [2.45, 2.75) is 328 Å². The minimum absolute atomic E-state index is 0.0188. The van der Waals surface area contributed by atoms with Gasteiger partial charge in [-0.15, -0.1) is 0 Å². The lowest BCUT2D eigenvalue weighted by molar-refractivity contribution is -0.214. The zero-order valence-corrected chi connectivity index (χ0v) is 58.3. The molecule has 4 nitrogen and oxygen atoms in total. The van der Waals surface area contributed by atoms with E-state index in [1.807, 2.05) is 55.7 Å². The third-order valence-corrected chi connectivity index (χ3v) is 37.0. The van der Waals surface area contributed by atoms with Crippen LogP contribution >= 0.6 is 0 Å². The summed E-state index contributed by atoms with van der Waals surface area (Å²) in [6.45, 7) is 11.1. The number of hydrogen-bond acceptors (Lipinski definition) is 4. The molecule has 29 aliphatic carbocycles. The van der Waals surface area contributed by atoms with E-state index in [4.69, 9.17) is 0 Å². The highest BCUT2D eigenvalue weighted by atomic mass is 16.3. The first-order chi connectivity index (χ1) is 45.1. The average molecular weight is 1250 g/mol. The molecule has 29 aliphatic rings. The molecule has 18 unspecified atom stereocenters. The minimum atomic E-state index is -0.640. The molecular formula is C89H116O4. The number of aliphatic hydroxyl groups is 4. The van der Waals surface area contributed by atoms with Crippen LogP contribution in [0.4, 0.5) is 0 Å². The molecule has 1 spiro atoms. The van der Waals surface area contributed by atoms with Crippen LogP contribution in [0, 0.1) is 103 Å². The Hall–Kier alpha value is -2.76. The quantitative estimate of drug-likeness (QED) is 0.197. The molecule has 0 aromatic rings. The van der Waals surface area contributed by atoms with Gasteiger partial charge in [-0.05, 0) is 289 Å². The van der Waals surface area contributed by atoms with E-state index in [0.29, 0.717) is 53.3 Å². The van der Waals surface area contributed by atoms with Crippen molar-refractivity contribution in [2.24, 2.45) is 103 Å². The van der Waals surface area contributed by atoms with E-state index >= 15 is 15.3 Å². The maximum absolute atomic E-state index is 17.0. The zero-order valence-electron chi connectivity index (χ0n) is 58.3. The molecule has 11 saturated carbocycles. The summed E-state index contributed by atoms with van der Waals surface area (Å²) in [4.78, 5) is 0. The Balaban J connectivity index is 0.952. The van der Waals surface area contributed by atoms with Crippen molar-refractivity contribution >= 4 is 0 Å². The van der Waals surface area contributed by atoms with Gasteiger partial charge in [0.05, 0.1) is 23.9 Å². The Labute approximate surface area is 559 Å². The van der Waals surface area contributed by atoms with Crippen LogP contribution in [0.25, 0.3) is 0 Å². The third-order valence-electron chi connectivity index (χ3n) is 37.0. The summed E-state index contributed by atoms with van der Waals surface area (Å²) >= 11 is 0. The lowest BCUT2D eigenvalue weighted by atomic mass is 9.33. The molecule has 0 saturated heterocycles. The molecule has 18 atom stereocenters. The number of allylic oxidation sites excluding steroid dienone is 13. The van der Waals surface area contributed by atoms with Gasteiger partial charge in [0.2, 0.25) is 0 Å². The van der Waals surface area contributed by atoms with Crippen LogP contribution in [-0.4, -0.2) is 44.3 Å². The van der Waals surface area contributed by atoms with E-state index in [9.17, 15) is 5.11 Å². The smallest absolute Gasteiger partial charge is 0.0805 e. The van der Waals surface area contributed by atoms with Gasteiger partial charge < -0.3 is 20.4 Å². The van der Waals surface area contributed by atoms with Gasteiger partial charge in [-0.3, -0.25) is 0 Å². The molecule has 0 aromatic heterocycles. The van der Waals surface area contributed by atoms with E-state index in [-0.39, 0.29) is 33.5 Å². The van der Waals surface area contributed by atoms with E-state index in [1.54, 1.807) is 55.7 Å². The Morgan fingerprint density at radius 3 is 1.90 bits per heavy atom. The van der Waals surface area contributed by atoms with Crippen molar-refractivity contribution in [3.63, 3.8) is 0 Å². The molecule has 0 radical (unpaired) electrons. The highest BCUT2D eigenvalue weighted by molar-refractivity contribution is 5.63. The van der Waals surface area contributed by atoms with E-state index < -0.39 is 40.2 Å². The van der Waals surface area contributed by atoms with Gasteiger partial charge in [-0.2, -0.15) is 0 Å². The van der Waals surface area contributed by atoms with E-state index in [1.165, 1.54) is 148 Å². The standard InChI is InChI=1S/C89H116O4/c1-48-12-10-35-88(75-37-51-15-6-18-59(75)64-39-62(51)63(64)36-48)80(91)86-47-57-38-76(86)69-32-29-65(57)85(69,34-11-14-50(86)3)81(92)89-66-30-31-67(89)56-24-23-55(66)45-84(88,46-56)71-21-8-22-72(89)79(90)61-19-7-20-70(82(4)42-52-25-28-68(82)60-27-26-58(52)77(60)61)78(71)87-41-49(2)13-9-33-83(93)43-53-16-5-17-54(44-83)74(87)40-73(53)87/h48-50,61,63,70-72,75,77-81,90-93H,5-47H2,1-4H3. The summed E-state index contributed by atoms with van der Waals surface area (Å²) in [6.07, 6.45) is 48.3. The van der Waals surface area contributed by atoms with Crippen molar-refractivity contribution in [1.29, 1.82) is 0 Å². The largest absolute Gasteiger partial charge is 0.392 e. The summed E-state index contributed by atoms with van der Waals surface area (Å²) in [5.74, 6) is 4.32. The minimum Gasteiger partial charge on any atom is -0.392 e. The number of fused-ring (bicyclic) bond motifs is 13. The van der Waals surface area contributed by atoms with Crippen LogP contribution in [0.1, 0.15) is 304 Å². The van der Waals surface area contributed by atoms with Crippen molar-refractivity contribution in [1.82, 2.24) is 0 Å². The second-order valence-electron chi connectivity index (χ2n) is 39.3. The predicted octanol–water partition coefficient (Wildman–Crippen LogP) is 20.6. The molecular weight excluding hydrogens is 1130 g/mol. The fourth-order valence-corrected chi connectivity index (χ4v) is 34.4. The third kappa shape index (κ3) is 6.66. The van der Waals surface area contributed by atoms with Gasteiger partial charge in [0.25, 0.3) is 0 Å². The van der Waals surface area contributed by atoms with Crippen LogP contribution in [0.3, 0.4) is 0 Å². The van der Waals surface area contributed by atoms with Crippen molar-refractivity contribution in [3.8, 4) is 0 Å². The van der Waals surface area contributed by atoms with Gasteiger partial charge in [0.15, 0.2) is 0 Å². The molecule has 4 N–H and O–H groups in total. The topological polar surface area (TPSA) is 80.9 Å². The van der Waals surface area contributed by atoms with Gasteiger partial charge in [0.1, 0.15) is 0 Å². The second kappa shape index (κ2) is 19.2. The van der Waals surface area contributed by atoms with Crippen LogP contribution in [0.2, 0.25) is 0 Å². The highest BCUT2D eigenvalue weighted by Gasteiger charge is 2.78. The van der Waals surface area contributed by atoms with E-state index in [0.717, 1.165) is 128 Å². The zero-order chi connectivity index (χ0) is 62.0. The molecule has 34 bridgehead atoms. The lowest BCUT2D eigenvalue weighted by Gasteiger charge is -2.71. The number of rotatable bonds is 1. The fourth-order valence-electron chi connectivity index (χ4n) is 34.4. The lowest BCUT2D eigenvalue weighted by Crippen LogP contribution is -2.68. The second-order valence-corrected chi connectivity index (χ2v) is 39.3. The molecule has 496 valence electrons. The SMILES string of the molecule is CC1CCCC2(C3CC4=C5CC(=C3CCC4)C5C1)C(O)C13CC4=C5CCC(=C1C4)C5(CCCC3C)C(O)C13C4=C5CCC(=C1CC4)CC2(C5)C1CCCC3C(O)C2CCCC(C1C13CC(C)CCCC4(O)CC5=C1CC3=C(CCC5)C4)C1(C)CC3=C4CCC(=C1CC3)C42. The molecule has 0 aliphatic heterocycles. The number of hydrogen-bond donors (Lipinski definition) is 4. The monoisotopic (exact) mass is 1250 g/mol. The van der Waals surface area contributed by atoms with Crippen molar-refractivity contribution in [3.05, 3.63) is 111 Å². The molecule has 93 heavy (non-hydrogen) atoms. The summed E-state index contributed by atoms with van der Waals surface area (Å²) in [5, 5.41) is 61.5. The first kappa shape index (κ1) is 58.1. The molecule has 29 rings (SSSR count). The Morgan fingerprint density at radius 1 is 0.419 bits per heavy atom. The van der Waals surface area contributed by atoms with Crippen LogP contribution in [-0.2, 0) is 0 Å². The van der Waals surface area contributed by atoms with Crippen LogP contribution in [0.5, 0.6) is 0 Å². The van der Waals surface area contributed by atoms with E-state index in [2.05, 4.69) is 27.7 Å². The Kier molecular flexibility index (Phi) is 12.0. The number of aliphatic hydroxyl groups excluding tert-OH is 3. The van der Waals surface area contributed by atoms with Crippen LogP contribution < -0.4 is 0 Å². The first-order valence-corrected chi connectivity index (χ1v) is 41.0. The normalized spacial score (nSPS) is 51.9. The maximum Gasteiger partial charge on any atom is 0.0805 e. The average Bonchev–Trinajstić information content (AvgIpc) is 1.58. The van der Waals surface area contributed by atoms with Gasteiger partial charge in [-0.1, -0.05) is 184 Å². The highest BCUT2D eigenvalue weighted by Crippen LogP contribution is 2.85. The van der Waals surface area contributed by atoms with Crippen LogP contribution in [0.15, 0.2) is 111 Å². The maximum atomic E-state index is 17.0. The van der Waals surface area contributed by atoms with Gasteiger partial charge >= 0.3 is 0 Å². The molecule has 0 aromatic carbocycles. The van der Waals surface area contributed by atoms with Gasteiger partial charge in [-0.25, -0.2) is 0 Å². The first-order valence-electron chi connectivity index (χ1n) is 41.0. The predicted molar refractivity (Wildman–Crippen MR) is 370 cm³/mol. The summed E-state index contributed by atoms with van der Waals surface area (Å²) in [7, 11) is 0. The van der Waals surface area contributed by atoms with Crippen molar-refractivity contribution < 1.29 is 20.4 Å². The molecule has 0 heterocycles. The summed E-state index contributed by atoms with van der Waals surface area (Å²) in [5.41, 5.74) is 33.2. The Bertz CT molecular complexity index is 3730. The molecule has 11 fully saturated rings. The summed E-state index contributed by atoms with van der Waals surface area (Å²) in [6, 6.07) is 0. The fraction of sp³-hybridized carbons (Fsp3) is 0.775. The Morgan fingerprint density at radius 2 is 1.09 bits per heavy atom.